The van der Waals surface area contributed by atoms with E-state index in [2.05, 4.69) is 25.0 Å². The Bertz CT molecular complexity index is 1080. The Labute approximate surface area is 156 Å². The molecule has 27 heavy (non-hydrogen) atoms. The maximum atomic E-state index is 5.88. The van der Waals surface area contributed by atoms with E-state index in [1.165, 1.54) is 0 Å². The predicted molar refractivity (Wildman–Crippen MR) is 103 cm³/mol. The Hall–Kier alpha value is -3.55. The molecule has 8 nitrogen and oxygen atoms in total. The smallest absolute Gasteiger partial charge is 0.222 e. The van der Waals surface area contributed by atoms with Gasteiger partial charge in [-0.15, -0.1) is 0 Å². The molecule has 0 saturated carbocycles. The minimum absolute atomic E-state index is 0.219. The predicted octanol–water partition coefficient (Wildman–Crippen LogP) is 2.98. The van der Waals surface area contributed by atoms with Gasteiger partial charge in [-0.1, -0.05) is 23.4 Å². The van der Waals surface area contributed by atoms with E-state index in [9.17, 15) is 0 Å². The van der Waals surface area contributed by atoms with Gasteiger partial charge in [0.05, 0.1) is 25.7 Å². The van der Waals surface area contributed by atoms with Crippen molar-refractivity contribution < 1.29 is 9.26 Å². The molecule has 0 atom stereocenters. The molecule has 0 aliphatic carbocycles. The summed E-state index contributed by atoms with van der Waals surface area (Å²) in [5.74, 6) is 2.47. The summed E-state index contributed by atoms with van der Waals surface area (Å²) in [5, 5.41) is 7.29. The van der Waals surface area contributed by atoms with Crippen LogP contribution in [0.1, 0.15) is 17.0 Å². The van der Waals surface area contributed by atoms with Gasteiger partial charge in [-0.05, 0) is 19.1 Å². The van der Waals surface area contributed by atoms with Gasteiger partial charge in [-0.3, -0.25) is 0 Å². The van der Waals surface area contributed by atoms with E-state index < -0.39 is 0 Å². The number of benzene rings is 1. The number of nitrogens with one attached hydrogen (secondary N) is 1. The summed E-state index contributed by atoms with van der Waals surface area (Å²) in [6, 6.07) is 11.7. The van der Waals surface area contributed by atoms with E-state index in [1.807, 2.05) is 49.5 Å². The normalized spacial score (nSPS) is 11.0. The number of para-hydroxylation sites is 1. The van der Waals surface area contributed by atoms with E-state index in [4.69, 9.17) is 15.0 Å². The van der Waals surface area contributed by atoms with Crippen molar-refractivity contribution in [1.29, 1.82) is 0 Å². The molecular formula is C19H20N6O2. The second-order valence-corrected chi connectivity index (χ2v) is 6.20. The molecule has 3 N–H and O–H groups in total. The summed E-state index contributed by atoms with van der Waals surface area (Å²) in [6.45, 7) is 2.96. The van der Waals surface area contributed by atoms with Crippen molar-refractivity contribution in [1.82, 2.24) is 19.7 Å². The maximum absolute atomic E-state index is 5.88. The number of aryl methyl sites for hydroxylation is 1. The number of nitrogens with zero attached hydrogens (tertiary/aromatic N) is 4. The topological polar surface area (TPSA) is 104 Å². The van der Waals surface area contributed by atoms with E-state index in [0.29, 0.717) is 18.9 Å². The first-order chi connectivity index (χ1) is 13.1. The molecule has 0 aliphatic heterocycles. The van der Waals surface area contributed by atoms with Crippen LogP contribution in [0.15, 0.2) is 47.1 Å². The first-order valence-electron chi connectivity index (χ1n) is 8.54. The summed E-state index contributed by atoms with van der Waals surface area (Å²) in [7, 11) is 1.67. The molecule has 3 heterocycles. The molecule has 4 aromatic rings. The number of nitrogens with two attached hydrogens (primary N) is 1. The highest BCUT2D eigenvalue weighted by Gasteiger charge is 2.13. The van der Waals surface area contributed by atoms with Crippen LogP contribution in [0.2, 0.25) is 0 Å². The lowest BCUT2D eigenvalue weighted by molar-refractivity contribution is 0.391. The Balaban J connectivity index is 1.69. The monoisotopic (exact) mass is 364 g/mol. The zero-order valence-corrected chi connectivity index (χ0v) is 15.1. The molecule has 138 valence electrons. The minimum atomic E-state index is 0.219. The summed E-state index contributed by atoms with van der Waals surface area (Å²) >= 11 is 0. The third-order valence-electron chi connectivity index (χ3n) is 4.27. The van der Waals surface area contributed by atoms with Crippen LogP contribution in [0.25, 0.3) is 11.0 Å². The van der Waals surface area contributed by atoms with E-state index in [0.717, 1.165) is 33.8 Å². The van der Waals surface area contributed by atoms with Crippen LogP contribution in [0, 0.1) is 6.92 Å². The Morgan fingerprint density at radius 2 is 2.07 bits per heavy atom. The van der Waals surface area contributed by atoms with Gasteiger partial charge in [0, 0.05) is 17.8 Å². The molecule has 8 heteroatoms. The lowest BCUT2D eigenvalue weighted by atomic mass is 10.2. The molecule has 4 rings (SSSR count). The summed E-state index contributed by atoms with van der Waals surface area (Å²) in [4.78, 5) is 8.73. The highest BCUT2D eigenvalue weighted by atomic mass is 16.5. The van der Waals surface area contributed by atoms with E-state index in [-0.39, 0.29) is 5.95 Å². The van der Waals surface area contributed by atoms with Crippen LogP contribution in [0.4, 0.5) is 11.8 Å². The molecule has 0 bridgehead atoms. The van der Waals surface area contributed by atoms with Crippen molar-refractivity contribution in [2.24, 2.45) is 0 Å². The van der Waals surface area contributed by atoms with E-state index in [1.54, 1.807) is 7.11 Å². The number of methoxy groups -OCH3 is 1. The van der Waals surface area contributed by atoms with Gasteiger partial charge in [0.2, 0.25) is 5.95 Å². The maximum Gasteiger partial charge on any atom is 0.222 e. The lowest BCUT2D eigenvalue weighted by Gasteiger charge is -2.12. The van der Waals surface area contributed by atoms with E-state index >= 15 is 0 Å². The van der Waals surface area contributed by atoms with Gasteiger partial charge in [0.25, 0.3) is 0 Å². The van der Waals surface area contributed by atoms with Crippen molar-refractivity contribution in [3.63, 3.8) is 0 Å². The Kier molecular flexibility index (Phi) is 4.37. The standard InChI is InChI=1S/C19H20N6O2/c1-12-9-14(24-27-12)10-21-18-17-15(22-19(20)23-18)7-8-25(17)11-13-5-3-4-6-16(13)26-2/h3-9H,10-11H2,1-2H3,(H3,20,21,22,23). The first kappa shape index (κ1) is 16.9. The minimum Gasteiger partial charge on any atom is -0.496 e. The Morgan fingerprint density at radius 1 is 1.22 bits per heavy atom. The lowest BCUT2D eigenvalue weighted by Crippen LogP contribution is -2.08. The average Bonchev–Trinajstić information content (AvgIpc) is 3.26. The third-order valence-corrected chi connectivity index (χ3v) is 4.27. The number of hydrogen-bond donors (Lipinski definition) is 2. The second kappa shape index (κ2) is 6.99. The van der Waals surface area contributed by atoms with Gasteiger partial charge >= 0.3 is 0 Å². The molecule has 3 aromatic heterocycles. The van der Waals surface area contributed by atoms with Crippen LogP contribution in [0.5, 0.6) is 5.75 Å². The molecule has 0 unspecified atom stereocenters. The number of anilines is 2. The number of fused-ring (bicyclic) bond motifs is 1. The summed E-state index contributed by atoms with van der Waals surface area (Å²) in [6.07, 6.45) is 1.97. The van der Waals surface area contributed by atoms with Crippen molar-refractivity contribution in [3.8, 4) is 5.75 Å². The molecule has 0 radical (unpaired) electrons. The molecule has 0 aliphatic rings. The number of ether oxygens (including phenoxy) is 1. The van der Waals surface area contributed by atoms with Crippen molar-refractivity contribution >= 4 is 22.8 Å². The SMILES string of the molecule is COc1ccccc1Cn1ccc2nc(N)nc(NCc3cc(C)on3)c21. The van der Waals surface area contributed by atoms with Crippen LogP contribution in [-0.4, -0.2) is 26.8 Å². The summed E-state index contributed by atoms with van der Waals surface area (Å²) < 4.78 is 12.6. The highest BCUT2D eigenvalue weighted by molar-refractivity contribution is 5.87. The number of rotatable bonds is 6. The molecule has 0 spiro atoms. The van der Waals surface area contributed by atoms with Crippen LogP contribution in [-0.2, 0) is 13.1 Å². The fraction of sp³-hybridized carbons (Fsp3) is 0.211. The third kappa shape index (κ3) is 3.41. The Morgan fingerprint density at radius 3 is 2.85 bits per heavy atom. The first-order valence-corrected chi connectivity index (χ1v) is 8.54. The highest BCUT2D eigenvalue weighted by Crippen LogP contribution is 2.26. The number of hydrogen-bond acceptors (Lipinski definition) is 7. The largest absolute Gasteiger partial charge is 0.496 e. The van der Waals surface area contributed by atoms with Crippen molar-refractivity contribution in [2.75, 3.05) is 18.2 Å². The van der Waals surface area contributed by atoms with Gasteiger partial charge in [0.15, 0.2) is 5.82 Å². The summed E-state index contributed by atoms with van der Waals surface area (Å²) in [5.41, 5.74) is 9.38. The molecule has 0 saturated heterocycles. The van der Waals surface area contributed by atoms with Gasteiger partial charge in [-0.2, -0.15) is 4.98 Å². The van der Waals surface area contributed by atoms with Gasteiger partial charge < -0.3 is 24.9 Å². The van der Waals surface area contributed by atoms with Crippen molar-refractivity contribution in [2.45, 2.75) is 20.0 Å². The molecule has 0 amide bonds. The van der Waals surface area contributed by atoms with Crippen LogP contribution >= 0.6 is 0 Å². The second-order valence-electron chi connectivity index (χ2n) is 6.20. The molecule has 0 fully saturated rings. The molecule has 1 aromatic carbocycles. The number of nitrogen functional groups attached to an aromatic ring is 1. The quantitative estimate of drug-likeness (QED) is 0.542. The van der Waals surface area contributed by atoms with Crippen LogP contribution < -0.4 is 15.8 Å². The zero-order chi connectivity index (χ0) is 18.8. The fourth-order valence-electron chi connectivity index (χ4n) is 3.07. The van der Waals surface area contributed by atoms with Crippen LogP contribution in [0.3, 0.4) is 0 Å². The molecular weight excluding hydrogens is 344 g/mol. The zero-order valence-electron chi connectivity index (χ0n) is 15.1. The van der Waals surface area contributed by atoms with Gasteiger partial charge in [0.1, 0.15) is 22.7 Å². The number of aromatic nitrogens is 4. The average molecular weight is 364 g/mol. The van der Waals surface area contributed by atoms with Gasteiger partial charge in [-0.25, -0.2) is 4.98 Å². The fourth-order valence-corrected chi connectivity index (χ4v) is 3.07. The van der Waals surface area contributed by atoms with Crippen molar-refractivity contribution in [3.05, 3.63) is 59.6 Å².